The number of alkyl halides is 3. The number of nitrogens with one attached hydrogen (secondary N) is 1. The minimum Gasteiger partial charge on any atom is -0.481 e. The first-order valence-electron chi connectivity index (χ1n) is 12.0. The van der Waals surface area contributed by atoms with Crippen LogP contribution in [0.15, 0.2) is 49.2 Å². The molecular weight excluding hydrogens is 473 g/mol. The minimum absolute atomic E-state index is 0.0430. The predicted molar refractivity (Wildman–Crippen MR) is 128 cm³/mol. The highest BCUT2D eigenvalue weighted by molar-refractivity contribution is 5.66. The van der Waals surface area contributed by atoms with Crippen molar-refractivity contribution in [1.82, 2.24) is 24.8 Å². The summed E-state index contributed by atoms with van der Waals surface area (Å²) in [7, 11) is 0. The highest BCUT2D eigenvalue weighted by Gasteiger charge is 2.33. The fourth-order valence-corrected chi connectivity index (χ4v) is 4.47. The van der Waals surface area contributed by atoms with Gasteiger partial charge in [0, 0.05) is 49.8 Å². The average Bonchev–Trinajstić information content (AvgIpc) is 3.38. The summed E-state index contributed by atoms with van der Waals surface area (Å²) < 4.78 is 39.9. The molecule has 36 heavy (non-hydrogen) atoms. The van der Waals surface area contributed by atoms with Crippen LogP contribution in [0.2, 0.25) is 0 Å². The maximum absolute atomic E-state index is 12.9. The fraction of sp³-hybridized carbons (Fsp3) is 0.440. The molecule has 0 bridgehead atoms. The molecule has 0 amide bonds. The zero-order chi connectivity index (χ0) is 25.5. The van der Waals surface area contributed by atoms with E-state index >= 15 is 0 Å². The second-order valence-electron chi connectivity index (χ2n) is 8.91. The van der Waals surface area contributed by atoms with Crippen LogP contribution in [0.5, 0.6) is 0 Å². The van der Waals surface area contributed by atoms with E-state index in [9.17, 15) is 18.0 Å². The van der Waals surface area contributed by atoms with Gasteiger partial charge < -0.3 is 15.3 Å². The van der Waals surface area contributed by atoms with Gasteiger partial charge in [-0.15, -0.1) is 0 Å². The number of rotatable bonds is 10. The standard InChI is InChI=1S/C25H29F3N6O2/c26-25(27,28)21-16-33(17-32-21)22-9-8-18(13-31-22)15-34(20-6-2-1-3-7-20)24-19(5-4-11-30-24)14-29-12-10-23(35)36/h4-5,8-9,11,13,16-17,20,29H,1-3,6-7,10,12,14-15H2,(H,35,36). The molecule has 3 aromatic rings. The zero-order valence-corrected chi connectivity index (χ0v) is 19.8. The number of anilines is 1. The van der Waals surface area contributed by atoms with Crippen LogP contribution in [-0.4, -0.2) is 43.2 Å². The molecular formula is C25H29F3N6O2. The van der Waals surface area contributed by atoms with Gasteiger partial charge in [0.15, 0.2) is 5.69 Å². The summed E-state index contributed by atoms with van der Waals surface area (Å²) >= 11 is 0. The fourth-order valence-electron chi connectivity index (χ4n) is 4.47. The Bertz CT molecular complexity index is 1140. The molecule has 0 unspecified atom stereocenters. The van der Waals surface area contributed by atoms with Gasteiger partial charge in [-0.3, -0.25) is 9.36 Å². The normalized spacial score (nSPS) is 14.6. The third-order valence-corrected chi connectivity index (χ3v) is 6.29. The number of hydrogen-bond acceptors (Lipinski definition) is 6. The zero-order valence-electron chi connectivity index (χ0n) is 19.8. The molecule has 3 aromatic heterocycles. The molecule has 1 saturated carbocycles. The highest BCUT2D eigenvalue weighted by atomic mass is 19.4. The largest absolute Gasteiger partial charge is 0.481 e. The quantitative estimate of drug-likeness (QED) is 0.392. The molecule has 0 radical (unpaired) electrons. The molecule has 192 valence electrons. The van der Waals surface area contributed by atoms with Crippen molar-refractivity contribution in [2.24, 2.45) is 0 Å². The number of halogens is 3. The molecule has 8 nitrogen and oxygen atoms in total. The molecule has 0 spiro atoms. The maximum atomic E-state index is 12.9. The van der Waals surface area contributed by atoms with Crippen LogP contribution in [-0.2, 0) is 24.1 Å². The molecule has 0 saturated heterocycles. The molecule has 4 rings (SSSR count). The minimum atomic E-state index is -4.51. The van der Waals surface area contributed by atoms with Gasteiger partial charge in [-0.05, 0) is 30.5 Å². The lowest BCUT2D eigenvalue weighted by molar-refractivity contribution is -0.141. The lowest BCUT2D eigenvalue weighted by atomic mass is 9.93. The third kappa shape index (κ3) is 6.60. The van der Waals surface area contributed by atoms with Gasteiger partial charge in [-0.1, -0.05) is 31.4 Å². The van der Waals surface area contributed by atoms with Crippen LogP contribution < -0.4 is 10.2 Å². The number of carboxylic acid groups (broad SMARTS) is 1. The molecule has 0 atom stereocenters. The topological polar surface area (TPSA) is 96.2 Å². The van der Waals surface area contributed by atoms with Crippen molar-refractivity contribution >= 4 is 11.8 Å². The number of pyridine rings is 2. The van der Waals surface area contributed by atoms with E-state index < -0.39 is 17.8 Å². The van der Waals surface area contributed by atoms with Crippen LogP contribution in [0.4, 0.5) is 19.0 Å². The first kappa shape index (κ1) is 25.6. The number of carboxylic acids is 1. The van der Waals surface area contributed by atoms with Gasteiger partial charge in [-0.2, -0.15) is 13.2 Å². The second-order valence-corrected chi connectivity index (χ2v) is 8.91. The Morgan fingerprint density at radius 1 is 1.14 bits per heavy atom. The molecule has 11 heteroatoms. The molecule has 2 N–H and O–H groups in total. The van der Waals surface area contributed by atoms with E-state index in [1.807, 2.05) is 18.2 Å². The Balaban J connectivity index is 1.53. The van der Waals surface area contributed by atoms with Crippen molar-refractivity contribution in [3.05, 3.63) is 66.0 Å². The van der Waals surface area contributed by atoms with E-state index in [2.05, 4.69) is 25.2 Å². The van der Waals surface area contributed by atoms with E-state index in [0.717, 1.165) is 55.2 Å². The Hall–Kier alpha value is -3.47. The number of carbonyl (C=O) groups is 1. The highest BCUT2D eigenvalue weighted by Crippen LogP contribution is 2.30. The van der Waals surface area contributed by atoms with Crippen LogP contribution in [0, 0.1) is 0 Å². The summed E-state index contributed by atoms with van der Waals surface area (Å²) in [4.78, 5) is 25.6. The van der Waals surface area contributed by atoms with Crippen molar-refractivity contribution in [3.8, 4) is 5.82 Å². The third-order valence-electron chi connectivity index (χ3n) is 6.29. The molecule has 1 fully saturated rings. The number of imidazole rings is 1. The van der Waals surface area contributed by atoms with Crippen LogP contribution >= 0.6 is 0 Å². The van der Waals surface area contributed by atoms with Crippen molar-refractivity contribution < 1.29 is 23.1 Å². The molecule has 1 aliphatic carbocycles. The van der Waals surface area contributed by atoms with Gasteiger partial charge in [0.1, 0.15) is 18.0 Å². The summed E-state index contributed by atoms with van der Waals surface area (Å²) in [5, 5.41) is 12.1. The van der Waals surface area contributed by atoms with Crippen molar-refractivity contribution in [3.63, 3.8) is 0 Å². The Kier molecular flexibility index (Phi) is 8.19. The van der Waals surface area contributed by atoms with Crippen molar-refractivity contribution in [1.29, 1.82) is 0 Å². The average molecular weight is 503 g/mol. The smallest absolute Gasteiger partial charge is 0.434 e. The lowest BCUT2D eigenvalue weighted by Gasteiger charge is -2.36. The number of hydrogen-bond donors (Lipinski definition) is 2. The number of nitrogens with zero attached hydrogens (tertiary/aromatic N) is 5. The summed E-state index contributed by atoms with van der Waals surface area (Å²) in [6, 6.07) is 7.70. The Morgan fingerprint density at radius 2 is 1.94 bits per heavy atom. The predicted octanol–water partition coefficient (Wildman–Crippen LogP) is 4.58. The van der Waals surface area contributed by atoms with E-state index in [1.165, 1.54) is 11.0 Å². The maximum Gasteiger partial charge on any atom is 0.434 e. The molecule has 0 aliphatic heterocycles. The summed E-state index contributed by atoms with van der Waals surface area (Å²) in [6.07, 6.45) is 6.57. The molecule has 3 heterocycles. The number of aromatic nitrogens is 4. The van der Waals surface area contributed by atoms with Gasteiger partial charge >= 0.3 is 12.1 Å². The van der Waals surface area contributed by atoms with Gasteiger partial charge in [-0.25, -0.2) is 15.0 Å². The van der Waals surface area contributed by atoms with E-state index in [0.29, 0.717) is 31.5 Å². The van der Waals surface area contributed by atoms with Gasteiger partial charge in [0.25, 0.3) is 0 Å². The molecule has 0 aromatic carbocycles. The van der Waals surface area contributed by atoms with Crippen molar-refractivity contribution in [2.45, 2.75) is 63.8 Å². The monoisotopic (exact) mass is 502 g/mol. The SMILES string of the molecule is O=C(O)CCNCc1cccnc1N(Cc1ccc(-n2cnc(C(F)(F)F)c2)nc1)C1CCCCC1. The first-order chi connectivity index (χ1) is 17.3. The molecule has 1 aliphatic rings. The van der Waals surface area contributed by atoms with Crippen molar-refractivity contribution in [2.75, 3.05) is 11.4 Å². The van der Waals surface area contributed by atoms with Crippen LogP contribution in [0.25, 0.3) is 5.82 Å². The van der Waals surface area contributed by atoms with E-state index in [4.69, 9.17) is 5.11 Å². The van der Waals surface area contributed by atoms with E-state index in [-0.39, 0.29) is 6.42 Å². The van der Waals surface area contributed by atoms with Crippen LogP contribution in [0.1, 0.15) is 55.3 Å². The lowest BCUT2D eigenvalue weighted by Crippen LogP contribution is -2.38. The first-order valence-corrected chi connectivity index (χ1v) is 12.0. The van der Waals surface area contributed by atoms with Gasteiger partial charge in [0.05, 0.1) is 6.42 Å². The summed E-state index contributed by atoms with van der Waals surface area (Å²) in [5.41, 5.74) is 0.934. The van der Waals surface area contributed by atoms with Gasteiger partial charge in [0.2, 0.25) is 0 Å². The Morgan fingerprint density at radius 3 is 2.61 bits per heavy atom. The second kappa shape index (κ2) is 11.5. The Labute approximate surface area is 207 Å². The summed E-state index contributed by atoms with van der Waals surface area (Å²) in [6.45, 7) is 1.41. The number of aliphatic carboxylic acids is 1. The van der Waals surface area contributed by atoms with Crippen LogP contribution in [0.3, 0.4) is 0 Å². The van der Waals surface area contributed by atoms with E-state index in [1.54, 1.807) is 18.5 Å². The summed E-state index contributed by atoms with van der Waals surface area (Å²) in [5.74, 6) is 0.354.